The van der Waals surface area contributed by atoms with Gasteiger partial charge in [-0.15, -0.1) is 0 Å². The molecule has 0 spiro atoms. The molecule has 2 aromatic rings. The van der Waals surface area contributed by atoms with Crippen LogP contribution >= 0.6 is 0 Å². The first kappa shape index (κ1) is 15.6. The van der Waals surface area contributed by atoms with Gasteiger partial charge in [0.05, 0.1) is 12.8 Å². The predicted octanol–water partition coefficient (Wildman–Crippen LogP) is 2.57. The number of amides is 1. The molecule has 0 aliphatic rings. The molecule has 0 unspecified atom stereocenters. The van der Waals surface area contributed by atoms with E-state index >= 15 is 0 Å². The molecule has 22 heavy (non-hydrogen) atoms. The van der Waals surface area contributed by atoms with Crippen LogP contribution in [-0.4, -0.2) is 23.8 Å². The van der Waals surface area contributed by atoms with Crippen molar-refractivity contribution >= 4 is 17.8 Å². The molecular formula is C17H19N3O2. The maximum atomic E-state index is 11.7. The summed E-state index contributed by atoms with van der Waals surface area (Å²) < 4.78 is 0. The number of hydrogen-bond acceptors (Lipinski definition) is 4. The number of hydrogen-bond donors (Lipinski definition) is 3. The molecule has 2 aromatic carbocycles. The monoisotopic (exact) mass is 297 g/mol. The number of anilines is 1. The minimum Gasteiger partial charge on any atom is -0.507 e. The fourth-order valence-corrected chi connectivity index (χ4v) is 1.95. The molecule has 0 radical (unpaired) electrons. The maximum Gasteiger partial charge on any atom is 0.259 e. The van der Waals surface area contributed by atoms with Gasteiger partial charge in [-0.05, 0) is 37.1 Å². The molecule has 0 aliphatic carbocycles. The van der Waals surface area contributed by atoms with E-state index in [-0.39, 0.29) is 18.2 Å². The normalized spacial score (nSPS) is 10.6. The first-order valence-electron chi connectivity index (χ1n) is 6.98. The predicted molar refractivity (Wildman–Crippen MR) is 88.2 cm³/mol. The molecule has 0 bridgehead atoms. The standard InChI is InChI=1S/C17H19N3O2/c1-12-6-3-4-9-15(12)18-11-16(21)20-19-10-14-8-5-7-13(2)17(14)22/h3-10,18,22H,11H2,1-2H3,(H,20,21). The van der Waals surface area contributed by atoms with Crippen molar-refractivity contribution in [2.75, 3.05) is 11.9 Å². The summed E-state index contributed by atoms with van der Waals surface area (Å²) in [5.41, 5.74) is 5.73. The zero-order valence-corrected chi connectivity index (χ0v) is 12.6. The van der Waals surface area contributed by atoms with E-state index in [1.54, 1.807) is 19.1 Å². The van der Waals surface area contributed by atoms with Crippen LogP contribution in [0.4, 0.5) is 5.69 Å². The lowest BCUT2D eigenvalue weighted by molar-refractivity contribution is -0.119. The van der Waals surface area contributed by atoms with E-state index in [9.17, 15) is 9.90 Å². The topological polar surface area (TPSA) is 73.7 Å². The Bertz CT molecular complexity index is 696. The number of benzene rings is 2. The Kier molecular flexibility index (Phi) is 5.14. The van der Waals surface area contributed by atoms with Gasteiger partial charge in [0.1, 0.15) is 5.75 Å². The molecule has 0 fully saturated rings. The smallest absolute Gasteiger partial charge is 0.259 e. The van der Waals surface area contributed by atoms with Crippen LogP contribution in [0, 0.1) is 13.8 Å². The molecule has 5 nitrogen and oxygen atoms in total. The van der Waals surface area contributed by atoms with E-state index in [1.165, 1.54) is 6.21 Å². The van der Waals surface area contributed by atoms with E-state index in [1.807, 2.05) is 37.3 Å². The molecule has 2 rings (SSSR count). The molecule has 0 saturated heterocycles. The molecule has 0 heterocycles. The van der Waals surface area contributed by atoms with Crippen LogP contribution in [0.15, 0.2) is 47.6 Å². The van der Waals surface area contributed by atoms with Crippen LogP contribution < -0.4 is 10.7 Å². The number of hydrazone groups is 1. The van der Waals surface area contributed by atoms with Gasteiger partial charge in [0.15, 0.2) is 0 Å². The molecule has 0 aromatic heterocycles. The van der Waals surface area contributed by atoms with Gasteiger partial charge in [0.2, 0.25) is 0 Å². The highest BCUT2D eigenvalue weighted by atomic mass is 16.3. The van der Waals surface area contributed by atoms with Crippen LogP contribution in [0.1, 0.15) is 16.7 Å². The van der Waals surface area contributed by atoms with Crippen molar-refractivity contribution in [1.29, 1.82) is 0 Å². The fourth-order valence-electron chi connectivity index (χ4n) is 1.95. The number of para-hydroxylation sites is 2. The lowest BCUT2D eigenvalue weighted by Gasteiger charge is -2.08. The Balaban J connectivity index is 1.86. The zero-order valence-electron chi connectivity index (χ0n) is 12.6. The average molecular weight is 297 g/mol. The van der Waals surface area contributed by atoms with Crippen molar-refractivity contribution in [2.24, 2.45) is 5.10 Å². The van der Waals surface area contributed by atoms with Crippen LogP contribution in [0.2, 0.25) is 0 Å². The number of aromatic hydroxyl groups is 1. The third-order valence-corrected chi connectivity index (χ3v) is 3.25. The number of nitrogens with one attached hydrogen (secondary N) is 2. The van der Waals surface area contributed by atoms with Gasteiger partial charge in [0.25, 0.3) is 5.91 Å². The van der Waals surface area contributed by atoms with Crippen molar-refractivity contribution in [3.8, 4) is 5.75 Å². The Hall–Kier alpha value is -2.82. The number of carbonyl (C=O) groups is 1. The Labute approximate surface area is 129 Å². The average Bonchev–Trinajstić information content (AvgIpc) is 2.51. The van der Waals surface area contributed by atoms with Crippen molar-refractivity contribution in [2.45, 2.75) is 13.8 Å². The van der Waals surface area contributed by atoms with Crippen LogP contribution in [0.3, 0.4) is 0 Å². The summed E-state index contributed by atoms with van der Waals surface area (Å²) in [4.78, 5) is 11.7. The van der Waals surface area contributed by atoms with Gasteiger partial charge in [0, 0.05) is 11.3 Å². The van der Waals surface area contributed by atoms with E-state index in [0.29, 0.717) is 5.56 Å². The third-order valence-electron chi connectivity index (χ3n) is 3.25. The second-order valence-electron chi connectivity index (χ2n) is 4.97. The van der Waals surface area contributed by atoms with Gasteiger partial charge >= 0.3 is 0 Å². The van der Waals surface area contributed by atoms with Crippen molar-refractivity contribution in [3.63, 3.8) is 0 Å². The summed E-state index contributed by atoms with van der Waals surface area (Å²) in [6.45, 7) is 3.90. The first-order chi connectivity index (χ1) is 10.6. The van der Waals surface area contributed by atoms with Gasteiger partial charge in [-0.25, -0.2) is 5.43 Å². The van der Waals surface area contributed by atoms with Gasteiger partial charge < -0.3 is 10.4 Å². The summed E-state index contributed by atoms with van der Waals surface area (Å²) in [5, 5.41) is 16.7. The lowest BCUT2D eigenvalue weighted by atomic mass is 10.1. The molecule has 5 heteroatoms. The second kappa shape index (κ2) is 7.26. The molecule has 0 aliphatic heterocycles. The number of rotatable bonds is 5. The molecule has 114 valence electrons. The SMILES string of the molecule is Cc1ccccc1NCC(=O)NN=Cc1cccc(C)c1O. The minimum absolute atomic E-state index is 0.127. The van der Waals surface area contributed by atoms with Crippen LogP contribution in [0.25, 0.3) is 0 Å². The zero-order chi connectivity index (χ0) is 15.9. The van der Waals surface area contributed by atoms with E-state index < -0.39 is 0 Å². The minimum atomic E-state index is -0.258. The first-order valence-corrected chi connectivity index (χ1v) is 6.98. The number of phenols is 1. The van der Waals surface area contributed by atoms with Crippen LogP contribution in [-0.2, 0) is 4.79 Å². The fraction of sp³-hybridized carbons (Fsp3) is 0.176. The molecule has 0 atom stereocenters. The number of aryl methyl sites for hydroxylation is 2. The molecule has 1 amide bonds. The lowest BCUT2D eigenvalue weighted by Crippen LogP contribution is -2.26. The highest BCUT2D eigenvalue weighted by molar-refractivity contribution is 5.86. The summed E-state index contributed by atoms with van der Waals surface area (Å²) in [6.07, 6.45) is 1.42. The Morgan fingerprint density at radius 1 is 1.14 bits per heavy atom. The molecular weight excluding hydrogens is 278 g/mol. The van der Waals surface area contributed by atoms with Crippen LogP contribution in [0.5, 0.6) is 5.75 Å². The quantitative estimate of drug-likeness (QED) is 0.586. The van der Waals surface area contributed by atoms with E-state index in [4.69, 9.17) is 0 Å². The van der Waals surface area contributed by atoms with Crippen molar-refractivity contribution in [1.82, 2.24) is 5.43 Å². The summed E-state index contributed by atoms with van der Waals surface area (Å²) >= 11 is 0. The Morgan fingerprint density at radius 2 is 1.86 bits per heavy atom. The van der Waals surface area contributed by atoms with E-state index in [2.05, 4.69) is 15.8 Å². The summed E-state index contributed by atoms with van der Waals surface area (Å²) in [7, 11) is 0. The molecule has 3 N–H and O–H groups in total. The third kappa shape index (κ3) is 4.09. The van der Waals surface area contributed by atoms with Crippen molar-refractivity contribution < 1.29 is 9.90 Å². The second-order valence-corrected chi connectivity index (χ2v) is 4.97. The number of carbonyl (C=O) groups excluding carboxylic acids is 1. The number of phenolic OH excluding ortho intramolecular Hbond substituents is 1. The highest BCUT2D eigenvalue weighted by Crippen LogP contribution is 2.19. The molecule has 0 saturated carbocycles. The maximum absolute atomic E-state index is 11.7. The summed E-state index contributed by atoms with van der Waals surface area (Å²) in [5.74, 6) is -0.0924. The van der Waals surface area contributed by atoms with Gasteiger partial charge in [-0.3, -0.25) is 4.79 Å². The largest absolute Gasteiger partial charge is 0.507 e. The summed E-state index contributed by atoms with van der Waals surface area (Å²) in [6, 6.07) is 13.1. The van der Waals surface area contributed by atoms with Gasteiger partial charge in [-0.1, -0.05) is 30.3 Å². The highest BCUT2D eigenvalue weighted by Gasteiger charge is 2.02. The number of nitrogens with zero attached hydrogens (tertiary/aromatic N) is 1. The van der Waals surface area contributed by atoms with Gasteiger partial charge in [-0.2, -0.15) is 5.10 Å². The Morgan fingerprint density at radius 3 is 2.64 bits per heavy atom. The van der Waals surface area contributed by atoms with Crippen molar-refractivity contribution in [3.05, 3.63) is 59.2 Å². The van der Waals surface area contributed by atoms with E-state index in [0.717, 1.165) is 16.8 Å².